The van der Waals surface area contributed by atoms with Crippen molar-refractivity contribution < 1.29 is 0 Å². The molecule has 0 aromatic rings. The van der Waals surface area contributed by atoms with Gasteiger partial charge in [-0.1, -0.05) is 13.8 Å². The fraction of sp³-hybridized carbons (Fsp3) is 0.909. The monoisotopic (exact) mass is 197 g/mol. The molecule has 0 saturated carbocycles. The number of nitrogens with zero attached hydrogens (tertiary/aromatic N) is 2. The molecule has 0 spiro atoms. The Balaban J connectivity index is 3.84. The standard InChI is InChI=1S/C11H23N3/c1-5-14(8-10(2)6-12)9-11(3)7-13-4/h10-11,13H,5,7-9H2,1-4H3. The van der Waals surface area contributed by atoms with Crippen LogP contribution in [0.2, 0.25) is 0 Å². The van der Waals surface area contributed by atoms with E-state index in [1.165, 1.54) is 0 Å². The molecule has 0 radical (unpaired) electrons. The van der Waals surface area contributed by atoms with Crippen molar-refractivity contribution in [1.29, 1.82) is 5.26 Å². The molecule has 0 bridgehead atoms. The minimum atomic E-state index is 0.136. The first-order valence-corrected chi connectivity index (χ1v) is 5.40. The Labute approximate surface area is 88.1 Å². The molecule has 0 aromatic heterocycles. The van der Waals surface area contributed by atoms with Crippen LogP contribution in [0.3, 0.4) is 0 Å². The van der Waals surface area contributed by atoms with Gasteiger partial charge in [0.15, 0.2) is 0 Å². The SMILES string of the molecule is CCN(CC(C)C#N)CC(C)CNC. The van der Waals surface area contributed by atoms with Gasteiger partial charge in [-0.3, -0.25) is 0 Å². The molecule has 0 aliphatic heterocycles. The predicted octanol–water partition coefficient (Wildman–Crippen LogP) is 1.32. The number of hydrogen-bond acceptors (Lipinski definition) is 3. The lowest BCUT2D eigenvalue weighted by Crippen LogP contribution is -2.35. The van der Waals surface area contributed by atoms with Crippen LogP contribution in [0, 0.1) is 23.2 Å². The summed E-state index contributed by atoms with van der Waals surface area (Å²) in [5.74, 6) is 0.780. The summed E-state index contributed by atoms with van der Waals surface area (Å²) < 4.78 is 0. The Hall–Kier alpha value is -0.590. The summed E-state index contributed by atoms with van der Waals surface area (Å²) in [7, 11) is 1.98. The summed E-state index contributed by atoms with van der Waals surface area (Å²) in [6, 6.07) is 2.28. The number of rotatable bonds is 7. The molecule has 0 aliphatic rings. The van der Waals surface area contributed by atoms with Crippen LogP contribution in [-0.2, 0) is 0 Å². The molecule has 0 rings (SSSR count). The van der Waals surface area contributed by atoms with E-state index in [1.54, 1.807) is 0 Å². The molecule has 0 aromatic carbocycles. The van der Waals surface area contributed by atoms with E-state index in [4.69, 9.17) is 5.26 Å². The molecule has 0 aliphatic carbocycles. The first-order valence-electron chi connectivity index (χ1n) is 5.40. The lowest BCUT2D eigenvalue weighted by Gasteiger charge is -2.24. The number of nitriles is 1. The topological polar surface area (TPSA) is 39.1 Å². The van der Waals surface area contributed by atoms with Crippen molar-refractivity contribution in [3.8, 4) is 6.07 Å². The molecule has 82 valence electrons. The van der Waals surface area contributed by atoms with Crippen LogP contribution in [0.5, 0.6) is 0 Å². The molecule has 0 amide bonds. The highest BCUT2D eigenvalue weighted by molar-refractivity contribution is 4.81. The summed E-state index contributed by atoms with van der Waals surface area (Å²) in [5, 5.41) is 11.9. The van der Waals surface area contributed by atoms with Crippen molar-refractivity contribution in [2.75, 3.05) is 33.2 Å². The molecule has 14 heavy (non-hydrogen) atoms. The van der Waals surface area contributed by atoms with Gasteiger partial charge in [-0.05, 0) is 33.0 Å². The van der Waals surface area contributed by atoms with Crippen molar-refractivity contribution in [2.24, 2.45) is 11.8 Å². The van der Waals surface area contributed by atoms with Gasteiger partial charge in [-0.15, -0.1) is 0 Å². The highest BCUT2D eigenvalue weighted by Gasteiger charge is 2.10. The number of nitrogens with one attached hydrogen (secondary N) is 1. The maximum absolute atomic E-state index is 8.73. The third-order valence-corrected chi connectivity index (χ3v) is 2.32. The summed E-state index contributed by atoms with van der Waals surface area (Å²) in [5.41, 5.74) is 0. The molecular formula is C11H23N3. The summed E-state index contributed by atoms with van der Waals surface area (Å²) in [4.78, 5) is 2.34. The second kappa shape index (κ2) is 7.78. The Morgan fingerprint density at radius 2 is 2.00 bits per heavy atom. The maximum atomic E-state index is 8.73. The van der Waals surface area contributed by atoms with E-state index in [2.05, 4.69) is 30.1 Å². The van der Waals surface area contributed by atoms with Gasteiger partial charge in [-0.25, -0.2) is 0 Å². The quantitative estimate of drug-likeness (QED) is 0.669. The minimum absolute atomic E-state index is 0.136. The van der Waals surface area contributed by atoms with Crippen molar-refractivity contribution >= 4 is 0 Å². The van der Waals surface area contributed by atoms with Gasteiger partial charge in [0.1, 0.15) is 0 Å². The van der Waals surface area contributed by atoms with Crippen molar-refractivity contribution in [3.05, 3.63) is 0 Å². The second-order valence-corrected chi connectivity index (χ2v) is 4.05. The van der Waals surface area contributed by atoms with Gasteiger partial charge in [0.25, 0.3) is 0 Å². The van der Waals surface area contributed by atoms with Crippen molar-refractivity contribution in [1.82, 2.24) is 10.2 Å². The van der Waals surface area contributed by atoms with E-state index in [-0.39, 0.29) is 5.92 Å². The van der Waals surface area contributed by atoms with E-state index < -0.39 is 0 Å². The lowest BCUT2D eigenvalue weighted by molar-refractivity contribution is 0.232. The van der Waals surface area contributed by atoms with E-state index in [9.17, 15) is 0 Å². The zero-order chi connectivity index (χ0) is 11.0. The van der Waals surface area contributed by atoms with Crippen molar-refractivity contribution in [2.45, 2.75) is 20.8 Å². The molecule has 2 atom stereocenters. The average molecular weight is 197 g/mol. The highest BCUT2D eigenvalue weighted by atomic mass is 15.1. The van der Waals surface area contributed by atoms with Gasteiger partial charge >= 0.3 is 0 Å². The van der Waals surface area contributed by atoms with Crippen LogP contribution in [0.15, 0.2) is 0 Å². The Morgan fingerprint density at radius 3 is 2.43 bits per heavy atom. The summed E-state index contributed by atoms with van der Waals surface area (Å²) in [6.07, 6.45) is 0. The minimum Gasteiger partial charge on any atom is -0.319 e. The van der Waals surface area contributed by atoms with E-state index in [0.717, 1.165) is 26.2 Å². The highest BCUT2D eigenvalue weighted by Crippen LogP contribution is 2.03. The Kier molecular flexibility index (Phi) is 7.45. The lowest BCUT2D eigenvalue weighted by atomic mass is 10.1. The average Bonchev–Trinajstić information content (AvgIpc) is 2.16. The molecule has 0 heterocycles. The fourth-order valence-corrected chi connectivity index (χ4v) is 1.61. The molecule has 0 saturated heterocycles. The van der Waals surface area contributed by atoms with E-state index in [1.807, 2.05) is 14.0 Å². The van der Waals surface area contributed by atoms with E-state index in [0.29, 0.717) is 5.92 Å². The van der Waals surface area contributed by atoms with Gasteiger partial charge < -0.3 is 10.2 Å². The van der Waals surface area contributed by atoms with Crippen LogP contribution in [0.1, 0.15) is 20.8 Å². The maximum Gasteiger partial charge on any atom is 0.0666 e. The van der Waals surface area contributed by atoms with Crippen LogP contribution < -0.4 is 5.32 Å². The molecule has 2 unspecified atom stereocenters. The molecule has 0 fully saturated rings. The number of hydrogen-bond donors (Lipinski definition) is 1. The zero-order valence-corrected chi connectivity index (χ0v) is 9.88. The molecule has 1 N–H and O–H groups in total. The Bertz CT molecular complexity index is 174. The first-order chi connectivity index (χ1) is 6.63. The van der Waals surface area contributed by atoms with Crippen LogP contribution in [0.4, 0.5) is 0 Å². The van der Waals surface area contributed by atoms with Crippen molar-refractivity contribution in [3.63, 3.8) is 0 Å². The van der Waals surface area contributed by atoms with Gasteiger partial charge in [0, 0.05) is 13.1 Å². The third-order valence-electron chi connectivity index (χ3n) is 2.32. The largest absolute Gasteiger partial charge is 0.319 e. The molecule has 3 nitrogen and oxygen atoms in total. The Morgan fingerprint density at radius 1 is 1.36 bits per heavy atom. The van der Waals surface area contributed by atoms with Gasteiger partial charge in [0.2, 0.25) is 0 Å². The zero-order valence-electron chi connectivity index (χ0n) is 9.88. The normalized spacial score (nSPS) is 15.1. The third kappa shape index (κ3) is 5.95. The first kappa shape index (κ1) is 13.4. The second-order valence-electron chi connectivity index (χ2n) is 4.05. The van der Waals surface area contributed by atoms with Crippen LogP contribution in [-0.4, -0.2) is 38.1 Å². The van der Waals surface area contributed by atoms with E-state index >= 15 is 0 Å². The smallest absolute Gasteiger partial charge is 0.0666 e. The fourth-order valence-electron chi connectivity index (χ4n) is 1.61. The summed E-state index contributed by atoms with van der Waals surface area (Å²) in [6.45, 7) is 10.4. The van der Waals surface area contributed by atoms with Gasteiger partial charge in [0.05, 0.1) is 12.0 Å². The molecule has 3 heteroatoms. The van der Waals surface area contributed by atoms with Crippen LogP contribution in [0.25, 0.3) is 0 Å². The van der Waals surface area contributed by atoms with Gasteiger partial charge in [-0.2, -0.15) is 5.26 Å². The predicted molar refractivity (Wildman–Crippen MR) is 60.0 cm³/mol. The summed E-state index contributed by atoms with van der Waals surface area (Å²) >= 11 is 0. The molecular weight excluding hydrogens is 174 g/mol. The van der Waals surface area contributed by atoms with Crippen LogP contribution >= 0.6 is 0 Å².